The summed E-state index contributed by atoms with van der Waals surface area (Å²) in [6.45, 7) is 3.98. The Labute approximate surface area is 216 Å². The molecular weight excluding hydrogens is 540 g/mol. The summed E-state index contributed by atoms with van der Waals surface area (Å²) >= 11 is 0. The van der Waals surface area contributed by atoms with Crippen LogP contribution in [-0.2, 0) is 26.1 Å². The maximum Gasteiger partial charge on any atom is 0.534 e. The fraction of sp³-hybridized carbons (Fsp3) is 0.400. The molecule has 0 saturated heterocycles. The number of hydrogen-bond donors (Lipinski definition) is 0. The van der Waals surface area contributed by atoms with E-state index in [1.165, 1.54) is 24.8 Å². The number of methoxy groups -OCH3 is 1. The number of carbonyl (C=O) groups excluding carboxylic acids is 1. The highest BCUT2D eigenvalue weighted by atomic mass is 32.2. The molecule has 0 amide bonds. The lowest BCUT2D eigenvalue weighted by Gasteiger charge is -2.44. The fourth-order valence-electron chi connectivity index (χ4n) is 4.32. The Kier molecular flexibility index (Phi) is 8.23. The van der Waals surface area contributed by atoms with Gasteiger partial charge in [0.05, 0.1) is 13.2 Å². The predicted molar refractivity (Wildman–Crippen MR) is 126 cm³/mol. The molecule has 0 saturated carbocycles. The van der Waals surface area contributed by atoms with Crippen LogP contribution in [-0.4, -0.2) is 50.2 Å². The monoisotopic (exact) mass is 565 g/mol. The summed E-state index contributed by atoms with van der Waals surface area (Å²) in [5, 5.41) is 0. The van der Waals surface area contributed by atoms with E-state index in [-0.39, 0.29) is 29.7 Å². The first-order valence-electron chi connectivity index (χ1n) is 11.3. The Morgan fingerprint density at radius 3 is 2.24 bits per heavy atom. The molecule has 6 nitrogen and oxygen atoms in total. The smallest absolute Gasteiger partial charge is 0.466 e. The van der Waals surface area contributed by atoms with Crippen molar-refractivity contribution in [1.82, 2.24) is 4.90 Å². The molecule has 0 bridgehead atoms. The Morgan fingerprint density at radius 2 is 1.71 bits per heavy atom. The summed E-state index contributed by atoms with van der Waals surface area (Å²) in [6, 6.07) is 3.38. The van der Waals surface area contributed by atoms with Gasteiger partial charge in [-0.2, -0.15) is 21.6 Å². The van der Waals surface area contributed by atoms with Crippen LogP contribution in [0.4, 0.5) is 26.3 Å². The van der Waals surface area contributed by atoms with Gasteiger partial charge in [0.1, 0.15) is 23.1 Å². The molecule has 0 spiro atoms. The number of hydrogen-bond acceptors (Lipinski definition) is 6. The second-order valence-electron chi connectivity index (χ2n) is 9.45. The lowest BCUT2D eigenvalue weighted by molar-refractivity contribution is -0.134. The average Bonchev–Trinajstić information content (AvgIpc) is 2.77. The molecule has 38 heavy (non-hydrogen) atoms. The molecule has 1 aliphatic heterocycles. The van der Waals surface area contributed by atoms with Crippen LogP contribution in [0.15, 0.2) is 36.4 Å². The summed E-state index contributed by atoms with van der Waals surface area (Å²) in [5.41, 5.74) is -7.37. The molecule has 0 unspecified atom stereocenters. The van der Waals surface area contributed by atoms with Crippen molar-refractivity contribution in [3.05, 3.63) is 70.3 Å². The van der Waals surface area contributed by atoms with Crippen LogP contribution >= 0.6 is 0 Å². The summed E-state index contributed by atoms with van der Waals surface area (Å²) in [6.07, 6.45) is 2.22. The van der Waals surface area contributed by atoms with Crippen molar-refractivity contribution in [2.45, 2.75) is 50.5 Å². The molecule has 0 aromatic heterocycles. The van der Waals surface area contributed by atoms with E-state index in [0.29, 0.717) is 0 Å². The molecule has 0 N–H and O–H groups in total. The van der Waals surface area contributed by atoms with Gasteiger partial charge in [0.2, 0.25) is 0 Å². The number of halogens is 6. The molecule has 0 radical (unpaired) electrons. The van der Waals surface area contributed by atoms with Gasteiger partial charge in [-0.3, -0.25) is 4.90 Å². The zero-order valence-electron chi connectivity index (χ0n) is 20.8. The summed E-state index contributed by atoms with van der Waals surface area (Å²) < 4.78 is 116. The molecule has 208 valence electrons. The van der Waals surface area contributed by atoms with Crippen LogP contribution in [0.2, 0.25) is 0 Å². The molecule has 1 heterocycles. The molecule has 2 atom stereocenters. The van der Waals surface area contributed by atoms with Crippen molar-refractivity contribution in [2.24, 2.45) is 0 Å². The quantitative estimate of drug-likeness (QED) is 0.146. The molecular formula is C25H25F6NO5S. The standard InChI is InChI=1S/C25H25F6NO5S/c1-14-9-16-12-17(37-38(34,35)25(29,30)31)6-7-18(16)23(32(14)13-24(2,3)28)22-19(26)10-15(11-20(22)27)5-8-21(33)36-4/h5-8,10-12,14,23H,9,13H2,1-4H3/b8-5+/t14-,23+/m0/s1. The van der Waals surface area contributed by atoms with E-state index in [2.05, 4.69) is 8.92 Å². The van der Waals surface area contributed by atoms with Gasteiger partial charge in [0.25, 0.3) is 0 Å². The molecule has 1 aliphatic rings. The number of benzene rings is 2. The zero-order chi connectivity index (χ0) is 28.6. The summed E-state index contributed by atoms with van der Waals surface area (Å²) in [4.78, 5) is 12.9. The number of nitrogens with zero attached hydrogens (tertiary/aromatic N) is 1. The highest BCUT2D eigenvalue weighted by Crippen LogP contribution is 2.42. The van der Waals surface area contributed by atoms with E-state index in [4.69, 9.17) is 0 Å². The maximum atomic E-state index is 15.4. The Bertz CT molecular complexity index is 1330. The molecule has 13 heteroatoms. The van der Waals surface area contributed by atoms with Crippen LogP contribution in [0.3, 0.4) is 0 Å². The van der Waals surface area contributed by atoms with Gasteiger partial charge >= 0.3 is 21.6 Å². The van der Waals surface area contributed by atoms with Crippen LogP contribution < -0.4 is 4.18 Å². The zero-order valence-corrected chi connectivity index (χ0v) is 21.6. The van der Waals surface area contributed by atoms with Crippen LogP contribution in [0.25, 0.3) is 6.08 Å². The minimum atomic E-state index is -5.94. The number of ether oxygens (including phenoxy) is 1. The molecule has 3 rings (SSSR count). The first-order valence-corrected chi connectivity index (χ1v) is 12.7. The second-order valence-corrected chi connectivity index (χ2v) is 11.0. The maximum absolute atomic E-state index is 15.4. The normalized spacial score (nSPS) is 18.9. The summed E-state index contributed by atoms with van der Waals surface area (Å²) in [5.74, 6) is -3.40. The fourth-order valence-corrected chi connectivity index (χ4v) is 4.77. The third-order valence-electron chi connectivity index (χ3n) is 5.86. The van der Waals surface area contributed by atoms with E-state index >= 15 is 8.78 Å². The van der Waals surface area contributed by atoms with E-state index in [9.17, 15) is 30.8 Å². The van der Waals surface area contributed by atoms with Gasteiger partial charge < -0.3 is 8.92 Å². The lowest BCUT2D eigenvalue weighted by Crippen LogP contribution is -2.48. The molecule has 0 aliphatic carbocycles. The van der Waals surface area contributed by atoms with Crippen molar-refractivity contribution in [2.75, 3.05) is 13.7 Å². The van der Waals surface area contributed by atoms with Gasteiger partial charge in [-0.15, -0.1) is 0 Å². The number of carbonyl (C=O) groups is 1. The Hall–Kier alpha value is -3.06. The van der Waals surface area contributed by atoms with Gasteiger partial charge in [0.15, 0.2) is 0 Å². The van der Waals surface area contributed by atoms with Gasteiger partial charge in [-0.25, -0.2) is 18.0 Å². The largest absolute Gasteiger partial charge is 0.534 e. The summed E-state index contributed by atoms with van der Waals surface area (Å²) in [7, 11) is -4.81. The number of esters is 1. The van der Waals surface area contributed by atoms with Crippen molar-refractivity contribution in [3.63, 3.8) is 0 Å². The van der Waals surface area contributed by atoms with Crippen molar-refractivity contribution in [3.8, 4) is 5.75 Å². The van der Waals surface area contributed by atoms with Crippen LogP contribution in [0.5, 0.6) is 5.75 Å². The van der Waals surface area contributed by atoms with Gasteiger partial charge in [0, 0.05) is 24.2 Å². The first kappa shape index (κ1) is 29.5. The molecule has 0 fully saturated rings. The first-order chi connectivity index (χ1) is 17.4. The number of alkyl halides is 4. The topological polar surface area (TPSA) is 72.9 Å². The highest BCUT2D eigenvalue weighted by molar-refractivity contribution is 7.88. The van der Waals surface area contributed by atoms with Crippen molar-refractivity contribution < 1.29 is 48.5 Å². The van der Waals surface area contributed by atoms with Crippen LogP contribution in [0.1, 0.15) is 49.1 Å². The van der Waals surface area contributed by atoms with E-state index < -0.39 is 62.3 Å². The SMILES string of the molecule is COC(=O)/C=C/c1cc(F)c([C@H]2c3ccc(OS(=O)(=O)C(F)(F)F)cc3C[C@H](C)N2CC(C)(C)F)c(F)c1. The molecule has 2 aromatic rings. The lowest BCUT2D eigenvalue weighted by atomic mass is 9.83. The van der Waals surface area contributed by atoms with Crippen molar-refractivity contribution in [1.29, 1.82) is 0 Å². The molecule has 2 aromatic carbocycles. The third kappa shape index (κ3) is 6.49. The Morgan fingerprint density at radius 1 is 1.11 bits per heavy atom. The third-order valence-corrected chi connectivity index (χ3v) is 6.84. The number of rotatable bonds is 7. The van der Waals surface area contributed by atoms with E-state index in [1.54, 1.807) is 6.92 Å². The van der Waals surface area contributed by atoms with E-state index in [0.717, 1.165) is 43.5 Å². The van der Waals surface area contributed by atoms with Gasteiger partial charge in [-0.1, -0.05) is 6.07 Å². The predicted octanol–water partition coefficient (Wildman–Crippen LogP) is 5.46. The minimum absolute atomic E-state index is 0.0108. The van der Waals surface area contributed by atoms with E-state index in [1.807, 2.05) is 0 Å². The highest BCUT2D eigenvalue weighted by Gasteiger charge is 2.49. The minimum Gasteiger partial charge on any atom is -0.466 e. The van der Waals surface area contributed by atoms with Crippen molar-refractivity contribution >= 4 is 22.2 Å². The number of fused-ring (bicyclic) bond motifs is 1. The van der Waals surface area contributed by atoms with Gasteiger partial charge in [-0.05, 0) is 74.2 Å². The van der Waals surface area contributed by atoms with Crippen LogP contribution in [0, 0.1) is 11.6 Å². The second kappa shape index (κ2) is 10.6. The average molecular weight is 566 g/mol. The Balaban J connectivity index is 2.14.